The molecule has 2 rings (SSSR count). The predicted octanol–water partition coefficient (Wildman–Crippen LogP) is 4.47. The van der Waals surface area contributed by atoms with Crippen LogP contribution in [0.5, 0.6) is 0 Å². The summed E-state index contributed by atoms with van der Waals surface area (Å²) in [5, 5.41) is 7.63. The molecule has 1 N–H and O–H groups in total. The van der Waals surface area contributed by atoms with E-state index in [9.17, 15) is 0 Å². The van der Waals surface area contributed by atoms with Gasteiger partial charge in [0.2, 0.25) is 0 Å². The van der Waals surface area contributed by atoms with E-state index in [4.69, 9.17) is 11.6 Å². The van der Waals surface area contributed by atoms with E-state index in [0.717, 1.165) is 30.8 Å². The Bertz CT molecular complexity index is 467. The van der Waals surface area contributed by atoms with E-state index in [1.54, 1.807) is 11.3 Å². The van der Waals surface area contributed by atoms with Crippen LogP contribution in [0, 0.1) is 0 Å². The van der Waals surface area contributed by atoms with Gasteiger partial charge in [-0.1, -0.05) is 37.1 Å². The maximum Gasteiger partial charge on any atom is 0.0937 e. The van der Waals surface area contributed by atoms with Crippen LogP contribution >= 0.6 is 22.9 Å². The molecule has 4 heteroatoms. The van der Waals surface area contributed by atoms with Crippen molar-refractivity contribution >= 4 is 22.9 Å². The molecule has 0 radical (unpaired) electrons. The Morgan fingerprint density at radius 3 is 2.74 bits per heavy atom. The number of aromatic nitrogens is 1. The summed E-state index contributed by atoms with van der Waals surface area (Å²) in [6.07, 6.45) is 5.16. The van der Waals surface area contributed by atoms with Gasteiger partial charge in [0.1, 0.15) is 0 Å². The molecule has 0 saturated heterocycles. The average Bonchev–Trinajstić information content (AvgIpc) is 2.92. The van der Waals surface area contributed by atoms with Crippen molar-refractivity contribution < 1.29 is 0 Å². The van der Waals surface area contributed by atoms with Crippen molar-refractivity contribution in [2.45, 2.75) is 32.2 Å². The molecule has 102 valence electrons. The van der Waals surface area contributed by atoms with Crippen molar-refractivity contribution in [1.82, 2.24) is 10.3 Å². The molecule has 0 amide bonds. The molecule has 0 aliphatic heterocycles. The summed E-state index contributed by atoms with van der Waals surface area (Å²) in [5.41, 5.74) is 1.31. The second-order valence-electron chi connectivity index (χ2n) is 4.52. The maximum atomic E-state index is 5.94. The number of nitrogens with zero attached hydrogens (tertiary/aromatic N) is 1. The van der Waals surface area contributed by atoms with E-state index in [1.165, 1.54) is 10.6 Å². The largest absolute Gasteiger partial charge is 0.310 e. The molecule has 0 aliphatic rings. The molecule has 19 heavy (non-hydrogen) atoms. The number of hydrogen-bond donors (Lipinski definition) is 1. The fourth-order valence-electron chi connectivity index (χ4n) is 2.10. The lowest BCUT2D eigenvalue weighted by Gasteiger charge is -2.18. The van der Waals surface area contributed by atoms with Crippen molar-refractivity contribution in [3.8, 4) is 0 Å². The first-order chi connectivity index (χ1) is 9.29. The Hall–Kier alpha value is -0.900. The molecule has 1 aromatic carbocycles. The van der Waals surface area contributed by atoms with Crippen LogP contribution in [0.3, 0.4) is 0 Å². The third-order valence-corrected chi connectivity index (χ3v) is 4.15. The van der Waals surface area contributed by atoms with Crippen molar-refractivity contribution in [1.29, 1.82) is 0 Å². The third kappa shape index (κ3) is 4.60. The van der Waals surface area contributed by atoms with Crippen molar-refractivity contribution in [3.05, 3.63) is 51.4 Å². The minimum absolute atomic E-state index is 0.405. The first-order valence-electron chi connectivity index (χ1n) is 6.67. The molecule has 1 unspecified atom stereocenters. The van der Waals surface area contributed by atoms with Crippen molar-refractivity contribution in [3.63, 3.8) is 0 Å². The summed E-state index contributed by atoms with van der Waals surface area (Å²) in [6, 6.07) is 8.55. The van der Waals surface area contributed by atoms with Crippen LogP contribution in [0.25, 0.3) is 0 Å². The Balaban J connectivity index is 1.90. The van der Waals surface area contributed by atoms with Gasteiger partial charge < -0.3 is 5.32 Å². The zero-order valence-electron chi connectivity index (χ0n) is 11.1. The maximum absolute atomic E-state index is 5.94. The zero-order valence-corrected chi connectivity index (χ0v) is 12.7. The predicted molar refractivity (Wildman–Crippen MR) is 82.9 cm³/mol. The van der Waals surface area contributed by atoms with Crippen molar-refractivity contribution in [2.24, 2.45) is 0 Å². The van der Waals surface area contributed by atoms with Gasteiger partial charge in [-0.25, -0.2) is 4.98 Å². The first-order valence-corrected chi connectivity index (χ1v) is 7.92. The Morgan fingerprint density at radius 2 is 2.11 bits per heavy atom. The zero-order chi connectivity index (χ0) is 13.5. The lowest BCUT2D eigenvalue weighted by Crippen LogP contribution is -2.23. The summed E-state index contributed by atoms with van der Waals surface area (Å²) in [6.45, 7) is 3.17. The molecule has 0 aliphatic carbocycles. The van der Waals surface area contributed by atoms with Gasteiger partial charge in [0.15, 0.2) is 0 Å². The second kappa shape index (κ2) is 7.63. The standard InChI is InChI=1S/C15H19ClN2S/c1-2-3-14(12-4-6-13(16)7-5-12)17-9-8-15-18-10-11-19-15/h4-7,10-11,14,17H,2-3,8-9H2,1H3. The molecular weight excluding hydrogens is 276 g/mol. The van der Waals surface area contributed by atoms with E-state index >= 15 is 0 Å². The van der Waals surface area contributed by atoms with Gasteiger partial charge in [0.25, 0.3) is 0 Å². The fraction of sp³-hybridized carbons (Fsp3) is 0.400. The van der Waals surface area contributed by atoms with Gasteiger partial charge in [0.05, 0.1) is 5.01 Å². The molecule has 1 atom stereocenters. The van der Waals surface area contributed by atoms with Gasteiger partial charge in [-0.2, -0.15) is 0 Å². The first kappa shape index (κ1) is 14.5. The molecule has 0 saturated carbocycles. The van der Waals surface area contributed by atoms with Crippen LogP contribution in [0.4, 0.5) is 0 Å². The van der Waals surface area contributed by atoms with Gasteiger partial charge in [-0.3, -0.25) is 0 Å². The normalized spacial score (nSPS) is 12.5. The van der Waals surface area contributed by atoms with E-state index in [-0.39, 0.29) is 0 Å². The molecule has 1 heterocycles. The summed E-state index contributed by atoms with van der Waals surface area (Å²) in [7, 11) is 0. The second-order valence-corrected chi connectivity index (χ2v) is 5.94. The summed E-state index contributed by atoms with van der Waals surface area (Å²) < 4.78 is 0. The van der Waals surface area contributed by atoms with Gasteiger partial charge >= 0.3 is 0 Å². The Labute approximate surface area is 123 Å². The van der Waals surface area contributed by atoms with Gasteiger partial charge in [-0.05, 0) is 24.1 Å². The van der Waals surface area contributed by atoms with Crippen molar-refractivity contribution in [2.75, 3.05) is 6.54 Å². The van der Waals surface area contributed by atoms with E-state index in [1.807, 2.05) is 23.7 Å². The molecule has 1 aromatic heterocycles. The minimum atomic E-state index is 0.405. The smallest absolute Gasteiger partial charge is 0.0937 e. The summed E-state index contributed by atoms with van der Waals surface area (Å²) >= 11 is 7.66. The topological polar surface area (TPSA) is 24.9 Å². The van der Waals surface area contributed by atoms with Crippen LogP contribution in [-0.2, 0) is 6.42 Å². The Kier molecular flexibility index (Phi) is 5.83. The van der Waals surface area contributed by atoms with Crippen LogP contribution in [0.2, 0.25) is 5.02 Å². The van der Waals surface area contributed by atoms with Crippen LogP contribution in [0.1, 0.15) is 36.4 Å². The molecule has 2 nitrogen and oxygen atoms in total. The number of benzene rings is 1. The number of rotatable bonds is 7. The van der Waals surface area contributed by atoms with Gasteiger partial charge in [-0.15, -0.1) is 11.3 Å². The Morgan fingerprint density at radius 1 is 1.32 bits per heavy atom. The van der Waals surface area contributed by atoms with Crippen LogP contribution in [-0.4, -0.2) is 11.5 Å². The number of nitrogens with one attached hydrogen (secondary N) is 1. The lowest BCUT2D eigenvalue weighted by atomic mass is 10.0. The average molecular weight is 295 g/mol. The molecule has 2 aromatic rings. The van der Waals surface area contributed by atoms with Gasteiger partial charge in [0, 0.05) is 35.6 Å². The van der Waals surface area contributed by atoms with E-state index in [0.29, 0.717) is 6.04 Å². The molecule has 0 spiro atoms. The minimum Gasteiger partial charge on any atom is -0.310 e. The monoisotopic (exact) mass is 294 g/mol. The fourth-order valence-corrected chi connectivity index (χ4v) is 2.85. The van der Waals surface area contributed by atoms with Crippen LogP contribution < -0.4 is 5.32 Å². The quantitative estimate of drug-likeness (QED) is 0.815. The molecule has 0 fully saturated rings. The number of halogens is 1. The summed E-state index contributed by atoms with van der Waals surface area (Å²) in [4.78, 5) is 4.30. The highest BCUT2D eigenvalue weighted by Crippen LogP contribution is 2.20. The van der Waals surface area contributed by atoms with E-state index in [2.05, 4.69) is 29.4 Å². The van der Waals surface area contributed by atoms with E-state index < -0.39 is 0 Å². The summed E-state index contributed by atoms with van der Waals surface area (Å²) in [5.74, 6) is 0. The number of hydrogen-bond acceptors (Lipinski definition) is 3. The highest BCUT2D eigenvalue weighted by atomic mass is 35.5. The highest BCUT2D eigenvalue weighted by molar-refractivity contribution is 7.09. The number of thiazole rings is 1. The molecule has 0 bridgehead atoms. The SMILES string of the molecule is CCCC(NCCc1nccs1)c1ccc(Cl)cc1. The highest BCUT2D eigenvalue weighted by Gasteiger charge is 2.09. The third-order valence-electron chi connectivity index (χ3n) is 3.06. The molecular formula is C15H19ClN2S. The van der Waals surface area contributed by atoms with Crippen LogP contribution in [0.15, 0.2) is 35.8 Å². The lowest BCUT2D eigenvalue weighted by molar-refractivity contribution is 0.497.